The number of piperidine rings is 1. The van der Waals surface area contributed by atoms with Gasteiger partial charge in [-0.05, 0) is 31.6 Å². The van der Waals surface area contributed by atoms with Crippen molar-refractivity contribution in [3.8, 4) is 0 Å². The summed E-state index contributed by atoms with van der Waals surface area (Å²) in [5, 5.41) is 11.5. The number of carboxylic acids is 1. The lowest BCUT2D eigenvalue weighted by Gasteiger charge is -2.44. The number of thiazole rings is 1. The maximum atomic E-state index is 11.7. The van der Waals surface area contributed by atoms with E-state index in [0.29, 0.717) is 23.5 Å². The number of imidazole rings is 1. The molecular weight excluding hydrogens is 286 g/mol. The lowest BCUT2D eigenvalue weighted by molar-refractivity contribution is 0.0689. The second kappa shape index (κ2) is 5.02. The molecule has 1 saturated carbocycles. The van der Waals surface area contributed by atoms with Crippen LogP contribution in [0.4, 0.5) is 5.82 Å². The third-order valence-corrected chi connectivity index (χ3v) is 5.72. The summed E-state index contributed by atoms with van der Waals surface area (Å²) in [5.74, 6) is 0.522. The van der Waals surface area contributed by atoms with Crippen LogP contribution in [0.3, 0.4) is 0 Å². The van der Waals surface area contributed by atoms with Gasteiger partial charge in [0.25, 0.3) is 0 Å². The van der Waals surface area contributed by atoms with Crippen LogP contribution in [0.25, 0.3) is 4.96 Å². The number of fused-ring (bicyclic) bond motifs is 2. The second-order valence-electron chi connectivity index (χ2n) is 6.09. The highest BCUT2D eigenvalue weighted by molar-refractivity contribution is 7.15. The van der Waals surface area contributed by atoms with Gasteiger partial charge < -0.3 is 10.0 Å². The number of aromatic nitrogens is 2. The molecule has 0 radical (unpaired) electrons. The van der Waals surface area contributed by atoms with E-state index in [1.165, 1.54) is 43.4 Å². The Hall–Kier alpha value is -1.56. The van der Waals surface area contributed by atoms with Gasteiger partial charge in [0.05, 0.1) is 0 Å². The number of hydrogen-bond acceptors (Lipinski definition) is 4. The van der Waals surface area contributed by atoms with Gasteiger partial charge in [0.1, 0.15) is 0 Å². The van der Waals surface area contributed by atoms with E-state index >= 15 is 0 Å². The molecule has 2 aliphatic rings. The van der Waals surface area contributed by atoms with E-state index in [9.17, 15) is 9.90 Å². The number of rotatable bonds is 2. The molecule has 0 amide bonds. The van der Waals surface area contributed by atoms with Gasteiger partial charge >= 0.3 is 5.97 Å². The highest BCUT2D eigenvalue weighted by atomic mass is 32.1. The van der Waals surface area contributed by atoms with Gasteiger partial charge in [-0.1, -0.05) is 12.8 Å². The van der Waals surface area contributed by atoms with Gasteiger partial charge in [-0.3, -0.25) is 4.40 Å². The fourth-order valence-corrected chi connectivity index (χ4v) is 4.77. The number of nitrogens with zero attached hydrogens (tertiary/aromatic N) is 3. The molecule has 2 aromatic heterocycles. The van der Waals surface area contributed by atoms with E-state index in [0.717, 1.165) is 17.9 Å². The Labute approximate surface area is 127 Å². The van der Waals surface area contributed by atoms with E-state index in [1.54, 1.807) is 4.40 Å². The van der Waals surface area contributed by atoms with Crippen molar-refractivity contribution in [3.05, 3.63) is 17.3 Å². The Bertz CT molecular complexity index is 676. The number of carboxylic acid groups (broad SMARTS) is 1. The summed E-state index contributed by atoms with van der Waals surface area (Å²) in [5.41, 5.74) is 0.331. The normalized spacial score (nSPS) is 26.0. The highest BCUT2D eigenvalue weighted by Gasteiger charge is 2.36. The lowest BCUT2D eigenvalue weighted by Crippen LogP contribution is -2.47. The first-order chi connectivity index (χ1) is 10.3. The maximum absolute atomic E-state index is 11.7. The topological polar surface area (TPSA) is 57.8 Å². The van der Waals surface area contributed by atoms with Crippen LogP contribution in [0.5, 0.6) is 0 Å². The monoisotopic (exact) mass is 305 g/mol. The third kappa shape index (κ3) is 2.04. The zero-order valence-electron chi connectivity index (χ0n) is 11.9. The summed E-state index contributed by atoms with van der Waals surface area (Å²) in [6.45, 7) is 0.937. The lowest BCUT2D eigenvalue weighted by atomic mass is 9.78. The van der Waals surface area contributed by atoms with Gasteiger partial charge in [0.2, 0.25) is 0 Å². The SMILES string of the molecule is O=C(O)c1c(N2CCCC3CCCCC32)nc2sccn12. The summed E-state index contributed by atoms with van der Waals surface area (Å²) in [6.07, 6.45) is 9.27. The van der Waals surface area contributed by atoms with Gasteiger partial charge in [-0.2, -0.15) is 0 Å². The second-order valence-corrected chi connectivity index (χ2v) is 6.97. The van der Waals surface area contributed by atoms with Crippen LogP contribution in [0.15, 0.2) is 11.6 Å². The largest absolute Gasteiger partial charge is 0.476 e. The van der Waals surface area contributed by atoms with Crippen LogP contribution in [0.1, 0.15) is 49.0 Å². The maximum Gasteiger partial charge on any atom is 0.356 e. The van der Waals surface area contributed by atoms with Crippen LogP contribution in [0, 0.1) is 5.92 Å². The fraction of sp³-hybridized carbons (Fsp3) is 0.600. The van der Waals surface area contributed by atoms with Crippen molar-refractivity contribution >= 4 is 28.1 Å². The number of aromatic carboxylic acids is 1. The highest BCUT2D eigenvalue weighted by Crippen LogP contribution is 2.39. The molecule has 0 spiro atoms. The minimum atomic E-state index is -0.881. The molecule has 2 unspecified atom stereocenters. The molecule has 112 valence electrons. The molecule has 1 saturated heterocycles. The Kier molecular flexibility index (Phi) is 3.14. The molecule has 3 heterocycles. The molecule has 0 bridgehead atoms. The molecule has 5 nitrogen and oxygen atoms in total. The zero-order valence-corrected chi connectivity index (χ0v) is 12.7. The Balaban J connectivity index is 1.79. The van der Waals surface area contributed by atoms with Gasteiger partial charge in [-0.25, -0.2) is 9.78 Å². The van der Waals surface area contributed by atoms with Gasteiger partial charge in [0.15, 0.2) is 16.5 Å². The van der Waals surface area contributed by atoms with Crippen molar-refractivity contribution < 1.29 is 9.90 Å². The van der Waals surface area contributed by atoms with Gasteiger partial charge in [-0.15, -0.1) is 11.3 Å². The van der Waals surface area contributed by atoms with Crippen molar-refractivity contribution in [2.75, 3.05) is 11.4 Å². The summed E-state index contributed by atoms with van der Waals surface area (Å²) in [4.78, 5) is 19.4. The minimum Gasteiger partial charge on any atom is -0.476 e. The van der Waals surface area contributed by atoms with Crippen molar-refractivity contribution in [3.63, 3.8) is 0 Å². The van der Waals surface area contributed by atoms with Crippen molar-refractivity contribution in [2.24, 2.45) is 5.92 Å². The van der Waals surface area contributed by atoms with Crippen LogP contribution >= 0.6 is 11.3 Å². The predicted octanol–water partition coefficient (Wildman–Crippen LogP) is 3.25. The Morgan fingerprint density at radius 2 is 2.10 bits per heavy atom. The van der Waals surface area contributed by atoms with Crippen LogP contribution in [0.2, 0.25) is 0 Å². The smallest absolute Gasteiger partial charge is 0.356 e. The first-order valence-corrected chi connectivity index (χ1v) is 8.59. The van der Waals surface area contributed by atoms with E-state index in [1.807, 2.05) is 11.6 Å². The molecule has 1 aliphatic heterocycles. The molecule has 4 rings (SSSR count). The predicted molar refractivity (Wildman–Crippen MR) is 82.4 cm³/mol. The van der Waals surface area contributed by atoms with Gasteiger partial charge in [0, 0.05) is 24.2 Å². The van der Waals surface area contributed by atoms with E-state index in [-0.39, 0.29) is 0 Å². The molecule has 21 heavy (non-hydrogen) atoms. The Morgan fingerprint density at radius 1 is 1.29 bits per heavy atom. The van der Waals surface area contributed by atoms with E-state index in [4.69, 9.17) is 0 Å². The molecule has 2 fully saturated rings. The molecule has 1 N–H and O–H groups in total. The molecule has 1 aliphatic carbocycles. The van der Waals surface area contributed by atoms with Crippen molar-refractivity contribution in [1.29, 1.82) is 0 Å². The number of carbonyl (C=O) groups is 1. The van der Waals surface area contributed by atoms with E-state index < -0.39 is 5.97 Å². The number of anilines is 1. The summed E-state index contributed by atoms with van der Waals surface area (Å²) >= 11 is 1.49. The minimum absolute atomic E-state index is 0.331. The number of hydrogen-bond donors (Lipinski definition) is 1. The molecule has 2 atom stereocenters. The molecule has 6 heteroatoms. The molecule has 2 aromatic rings. The fourth-order valence-electron chi connectivity index (χ4n) is 4.06. The average molecular weight is 305 g/mol. The molecular formula is C15H19N3O2S. The summed E-state index contributed by atoms with van der Waals surface area (Å²) < 4.78 is 1.72. The molecule has 0 aromatic carbocycles. The summed E-state index contributed by atoms with van der Waals surface area (Å²) in [7, 11) is 0. The van der Waals surface area contributed by atoms with Crippen molar-refractivity contribution in [2.45, 2.75) is 44.6 Å². The van der Waals surface area contributed by atoms with Crippen LogP contribution < -0.4 is 4.90 Å². The Morgan fingerprint density at radius 3 is 2.95 bits per heavy atom. The standard InChI is InChI=1S/C15H19N3O2S/c19-14(20)12-13(16-15-18(12)8-9-21-15)17-7-3-5-10-4-1-2-6-11(10)17/h8-11H,1-7H2,(H,19,20). The zero-order chi connectivity index (χ0) is 14.4. The quantitative estimate of drug-likeness (QED) is 0.925. The van der Waals surface area contributed by atoms with Crippen LogP contribution in [-0.4, -0.2) is 33.0 Å². The first-order valence-electron chi connectivity index (χ1n) is 7.71. The third-order valence-electron chi connectivity index (χ3n) is 4.96. The average Bonchev–Trinajstić information content (AvgIpc) is 3.06. The van der Waals surface area contributed by atoms with Crippen LogP contribution in [-0.2, 0) is 0 Å². The van der Waals surface area contributed by atoms with E-state index in [2.05, 4.69) is 9.88 Å². The van der Waals surface area contributed by atoms with Crippen molar-refractivity contribution in [1.82, 2.24) is 9.38 Å². The first kappa shape index (κ1) is 13.1. The summed E-state index contributed by atoms with van der Waals surface area (Å²) in [6, 6.07) is 0.482.